The third-order valence-electron chi connectivity index (χ3n) is 4.97. The number of hydrogen-bond donors (Lipinski definition) is 0. The summed E-state index contributed by atoms with van der Waals surface area (Å²) in [5.41, 5.74) is 8.23. The van der Waals surface area contributed by atoms with Crippen LogP contribution in [0, 0.1) is 39.8 Å². The average molecular weight is 647 g/mol. The maximum atomic E-state index is 4.64. The predicted octanol–water partition coefficient (Wildman–Crippen LogP) is 6.33. The molecular weight excluding hydrogens is 622 g/mol. The zero-order valence-corrected chi connectivity index (χ0v) is 22.6. The van der Waals surface area contributed by atoms with Crippen LogP contribution in [0.1, 0.15) is 22.5 Å². The Labute approximate surface area is 215 Å². The summed E-state index contributed by atoms with van der Waals surface area (Å²) in [5, 5.41) is 8.93. The van der Waals surface area contributed by atoms with Gasteiger partial charge >= 0.3 is 27.5 Å². The second-order valence-electron chi connectivity index (χ2n) is 7.63. The predicted molar refractivity (Wildman–Crippen MR) is 133 cm³/mol. The van der Waals surface area contributed by atoms with Crippen molar-refractivity contribution in [3.05, 3.63) is 114 Å². The van der Waals surface area contributed by atoms with E-state index in [-0.39, 0.29) is 0 Å². The van der Waals surface area contributed by atoms with E-state index in [1.54, 1.807) is 6.20 Å². The molecule has 0 atom stereocenters. The monoisotopic (exact) mass is 647 g/mol. The van der Waals surface area contributed by atoms with Crippen molar-refractivity contribution in [3.8, 4) is 22.6 Å². The van der Waals surface area contributed by atoms with E-state index in [1.807, 2.05) is 90.2 Å². The van der Waals surface area contributed by atoms with Crippen LogP contribution in [0.15, 0.2) is 79.3 Å². The molecule has 0 radical (unpaired) electrons. The number of aryl methyl sites for hydroxylation is 4. The molecule has 34 heavy (non-hydrogen) atoms. The second-order valence-corrected chi connectivity index (χ2v) is 7.63. The van der Waals surface area contributed by atoms with Gasteiger partial charge in [-0.2, -0.15) is 16.3 Å². The van der Waals surface area contributed by atoms with Crippen LogP contribution < -0.4 is 0 Å². The molecule has 5 aromatic rings. The Balaban J connectivity index is 0.000000197. The van der Waals surface area contributed by atoms with Crippen LogP contribution in [0.25, 0.3) is 22.6 Å². The molecule has 0 fully saturated rings. The standard InChI is InChI=1S/C16H17N4.C11H8N.ClH.Ir/c1-11-9-12(2)16(20-8-6-14(4)18-20)10-15(11)19-7-5-13(3)17-19;1-2-6-10(7-3-1)11-8-4-5-9-12-11;;/h5-9H,1-4H3;1-6,8-9H;1H;/q2*-1;;+3/p-1. The first-order valence-corrected chi connectivity index (χ1v) is 13.6. The van der Waals surface area contributed by atoms with Gasteiger partial charge in [-0.15, -0.1) is 53.1 Å². The van der Waals surface area contributed by atoms with Crippen LogP contribution in [0.4, 0.5) is 0 Å². The Kier molecular flexibility index (Phi) is 9.34. The van der Waals surface area contributed by atoms with Gasteiger partial charge in [-0.25, -0.2) is 0 Å². The van der Waals surface area contributed by atoms with Crippen molar-refractivity contribution < 1.29 is 17.9 Å². The Morgan fingerprint density at radius 3 is 1.79 bits per heavy atom. The van der Waals surface area contributed by atoms with Crippen LogP contribution in [0.2, 0.25) is 0 Å². The number of rotatable bonds is 3. The molecule has 0 aliphatic heterocycles. The van der Waals surface area contributed by atoms with Gasteiger partial charge in [0, 0.05) is 18.6 Å². The maximum absolute atomic E-state index is 4.64. The molecule has 0 aliphatic rings. The molecule has 5 nitrogen and oxygen atoms in total. The van der Waals surface area contributed by atoms with E-state index in [9.17, 15) is 0 Å². The summed E-state index contributed by atoms with van der Waals surface area (Å²) in [5.74, 6) is 0. The van der Waals surface area contributed by atoms with Gasteiger partial charge in [0.1, 0.15) is 0 Å². The first kappa shape index (κ1) is 25.6. The maximum Gasteiger partial charge on any atom is 0.0160 e. The molecular formula is C27H25ClIrN5. The number of nitrogens with zero attached hydrogens (tertiary/aromatic N) is 5. The minimum Gasteiger partial charge on any atom is -0.305 e. The normalized spacial score (nSPS) is 10.1. The van der Waals surface area contributed by atoms with Gasteiger partial charge in [-0.3, -0.25) is 9.36 Å². The zero-order chi connectivity index (χ0) is 24.5. The first-order chi connectivity index (χ1) is 16.5. The summed E-state index contributed by atoms with van der Waals surface area (Å²) >= 11 is 1.47. The van der Waals surface area contributed by atoms with Crippen molar-refractivity contribution >= 4 is 9.58 Å². The first-order valence-electron chi connectivity index (χ1n) is 10.6. The minimum atomic E-state index is 0.965. The van der Waals surface area contributed by atoms with E-state index < -0.39 is 0 Å². The Hall–Kier alpha value is -3.05. The van der Waals surface area contributed by atoms with Crippen molar-refractivity contribution in [3.63, 3.8) is 0 Å². The van der Waals surface area contributed by atoms with E-state index in [2.05, 4.69) is 56.8 Å². The molecule has 174 valence electrons. The van der Waals surface area contributed by atoms with Crippen LogP contribution >= 0.6 is 9.58 Å². The number of aromatic nitrogens is 5. The summed E-state index contributed by atoms with van der Waals surface area (Å²) in [4.78, 5) is 4.22. The second kappa shape index (κ2) is 12.4. The van der Waals surface area contributed by atoms with Crippen LogP contribution in [0.3, 0.4) is 0 Å². The quantitative estimate of drug-likeness (QED) is 0.215. The van der Waals surface area contributed by atoms with Gasteiger partial charge in [-0.1, -0.05) is 26.0 Å². The van der Waals surface area contributed by atoms with E-state index in [4.69, 9.17) is 0 Å². The van der Waals surface area contributed by atoms with Crippen LogP contribution in [-0.2, 0) is 17.9 Å². The number of pyridine rings is 1. The third kappa shape index (κ3) is 6.51. The summed E-state index contributed by atoms with van der Waals surface area (Å²) in [6.45, 7) is 8.12. The fourth-order valence-corrected chi connectivity index (χ4v) is 3.40. The summed E-state index contributed by atoms with van der Waals surface area (Å²) in [6, 6.07) is 26.4. The molecule has 3 aromatic heterocycles. The molecule has 5 rings (SSSR count). The molecule has 0 saturated heterocycles. The number of benzene rings is 2. The van der Waals surface area contributed by atoms with Gasteiger partial charge in [0.15, 0.2) is 0 Å². The van der Waals surface area contributed by atoms with Gasteiger partial charge in [0.25, 0.3) is 0 Å². The Morgan fingerprint density at radius 1 is 0.765 bits per heavy atom. The molecule has 0 N–H and O–H groups in total. The van der Waals surface area contributed by atoms with Gasteiger partial charge < -0.3 is 4.98 Å². The fourth-order valence-electron chi connectivity index (χ4n) is 3.40. The van der Waals surface area contributed by atoms with Crippen molar-refractivity contribution in [2.24, 2.45) is 0 Å². The van der Waals surface area contributed by atoms with Crippen molar-refractivity contribution in [1.29, 1.82) is 0 Å². The molecule has 0 aliphatic carbocycles. The number of hydrogen-bond acceptors (Lipinski definition) is 3. The zero-order valence-electron chi connectivity index (χ0n) is 19.5. The third-order valence-corrected chi connectivity index (χ3v) is 4.97. The Morgan fingerprint density at radius 2 is 1.35 bits per heavy atom. The van der Waals surface area contributed by atoms with Crippen molar-refractivity contribution in [1.82, 2.24) is 24.5 Å². The molecule has 0 saturated carbocycles. The summed E-state index contributed by atoms with van der Waals surface area (Å²) < 4.78 is 3.73. The van der Waals surface area contributed by atoms with Gasteiger partial charge in [-0.05, 0) is 49.1 Å². The summed E-state index contributed by atoms with van der Waals surface area (Å²) in [6.07, 6.45) is 5.71. The summed E-state index contributed by atoms with van der Waals surface area (Å²) in [7, 11) is 4.64. The fraction of sp³-hybridized carbons (Fsp3) is 0.148. The van der Waals surface area contributed by atoms with Crippen LogP contribution in [-0.4, -0.2) is 24.5 Å². The largest absolute Gasteiger partial charge is 0.305 e. The minimum absolute atomic E-state index is 0.965. The van der Waals surface area contributed by atoms with E-state index in [1.165, 1.54) is 17.9 Å². The van der Waals surface area contributed by atoms with Crippen molar-refractivity contribution in [2.75, 3.05) is 0 Å². The molecule has 7 heteroatoms. The molecule has 0 bridgehead atoms. The molecule has 0 spiro atoms. The van der Waals surface area contributed by atoms with Gasteiger partial charge in [0.05, 0.1) is 11.4 Å². The SMILES string of the molecule is Cc1ccn(-c2[c-]c(-n3ccc(C)n3)c(C)cc2C)n1.[Cl][Ir+2].[c-]1ccccc1-c1ccccn1. The van der Waals surface area contributed by atoms with E-state index in [0.29, 0.717) is 0 Å². The number of halogens is 1. The van der Waals surface area contributed by atoms with Gasteiger partial charge in [0.2, 0.25) is 0 Å². The molecule has 2 aromatic carbocycles. The topological polar surface area (TPSA) is 48.5 Å². The van der Waals surface area contributed by atoms with E-state index in [0.717, 1.165) is 45.1 Å². The molecule has 3 heterocycles. The molecule has 0 amide bonds. The average Bonchev–Trinajstić information content (AvgIpc) is 3.50. The van der Waals surface area contributed by atoms with Crippen LogP contribution in [0.5, 0.6) is 0 Å². The molecule has 0 unspecified atom stereocenters. The van der Waals surface area contributed by atoms with E-state index >= 15 is 0 Å². The van der Waals surface area contributed by atoms with Crippen molar-refractivity contribution in [2.45, 2.75) is 27.7 Å². The smallest absolute Gasteiger partial charge is 0.0160 e. The Bertz CT molecular complexity index is 1210.